The summed E-state index contributed by atoms with van der Waals surface area (Å²) in [5.41, 5.74) is 0.528. The highest BCUT2D eigenvalue weighted by atomic mass is 16.4. The van der Waals surface area contributed by atoms with Crippen LogP contribution in [0.3, 0.4) is 0 Å². The summed E-state index contributed by atoms with van der Waals surface area (Å²) in [6, 6.07) is 0. The number of rotatable bonds is 2. The molecule has 0 radical (unpaired) electrons. The van der Waals surface area contributed by atoms with Crippen LogP contribution in [0, 0.1) is 11.3 Å². The van der Waals surface area contributed by atoms with E-state index in [1.165, 1.54) is 0 Å². The Hall–Kier alpha value is -0.570. The summed E-state index contributed by atoms with van der Waals surface area (Å²) in [6.07, 6.45) is 2.64. The monoisotopic (exact) mass is 155 g/mol. The van der Waals surface area contributed by atoms with E-state index in [1.54, 1.807) is 0 Å². The van der Waals surface area contributed by atoms with E-state index >= 15 is 0 Å². The first-order valence-electron chi connectivity index (χ1n) is 4.13. The lowest BCUT2D eigenvalue weighted by Gasteiger charge is -2.54. The first-order chi connectivity index (χ1) is 5.20. The summed E-state index contributed by atoms with van der Waals surface area (Å²) in [4.78, 5) is 10.3. The van der Waals surface area contributed by atoms with E-state index in [9.17, 15) is 4.79 Å². The number of hydrogen-bond acceptors (Lipinski definition) is 2. The summed E-state index contributed by atoms with van der Waals surface area (Å²) < 4.78 is 0. The number of hydrogen-bond donors (Lipinski definition) is 2. The molecule has 0 aromatic carbocycles. The van der Waals surface area contributed by atoms with Crippen LogP contribution in [0.25, 0.3) is 0 Å². The van der Waals surface area contributed by atoms with Gasteiger partial charge in [0, 0.05) is 19.5 Å². The van der Waals surface area contributed by atoms with E-state index < -0.39 is 5.97 Å². The van der Waals surface area contributed by atoms with Crippen molar-refractivity contribution in [2.75, 3.05) is 13.1 Å². The first-order valence-corrected chi connectivity index (χ1v) is 4.13. The number of carboxylic acids is 1. The molecule has 0 aromatic heterocycles. The average molecular weight is 155 g/mol. The van der Waals surface area contributed by atoms with Crippen molar-refractivity contribution in [2.45, 2.75) is 19.3 Å². The highest BCUT2D eigenvalue weighted by Crippen LogP contribution is 2.49. The molecule has 1 aliphatic carbocycles. The third kappa shape index (κ3) is 1.13. The van der Waals surface area contributed by atoms with Crippen LogP contribution in [0.2, 0.25) is 0 Å². The first kappa shape index (κ1) is 7.10. The fraction of sp³-hybridized carbons (Fsp3) is 0.875. The smallest absolute Gasteiger partial charge is 0.303 e. The molecule has 62 valence electrons. The Labute approximate surface area is 65.8 Å². The predicted octanol–water partition coefficient (Wildman–Crippen LogP) is 0.461. The van der Waals surface area contributed by atoms with Crippen LogP contribution < -0.4 is 5.32 Å². The minimum absolute atomic E-state index is 0.377. The zero-order chi connectivity index (χ0) is 7.90. The number of carbonyl (C=O) groups is 1. The van der Waals surface area contributed by atoms with Gasteiger partial charge in [0.05, 0.1) is 0 Å². The largest absolute Gasteiger partial charge is 0.481 e. The molecular weight excluding hydrogens is 142 g/mol. The summed E-state index contributed by atoms with van der Waals surface area (Å²) in [7, 11) is 0. The van der Waals surface area contributed by atoms with Crippen LogP contribution in [0.1, 0.15) is 19.3 Å². The Morgan fingerprint density at radius 3 is 2.55 bits per heavy atom. The van der Waals surface area contributed by atoms with Gasteiger partial charge in [-0.1, -0.05) is 0 Å². The normalized spacial score (nSPS) is 27.6. The van der Waals surface area contributed by atoms with Gasteiger partial charge in [0.15, 0.2) is 0 Å². The van der Waals surface area contributed by atoms with Gasteiger partial charge in [-0.15, -0.1) is 0 Å². The summed E-state index contributed by atoms with van der Waals surface area (Å²) in [6.45, 7) is 2.23. The van der Waals surface area contributed by atoms with Crippen molar-refractivity contribution in [3.63, 3.8) is 0 Å². The maximum atomic E-state index is 10.3. The van der Waals surface area contributed by atoms with Crippen LogP contribution in [-0.4, -0.2) is 24.2 Å². The molecule has 2 N–H and O–H groups in total. The molecule has 3 heteroatoms. The van der Waals surface area contributed by atoms with E-state index in [2.05, 4.69) is 5.32 Å². The van der Waals surface area contributed by atoms with Crippen LogP contribution >= 0.6 is 0 Å². The van der Waals surface area contributed by atoms with Gasteiger partial charge in [0.25, 0.3) is 0 Å². The SMILES string of the molecule is O=C(O)CC1CC2(CNC2)C1. The van der Waals surface area contributed by atoms with E-state index in [0.29, 0.717) is 17.8 Å². The average Bonchev–Trinajstić information content (AvgIpc) is 1.71. The molecule has 0 atom stereocenters. The van der Waals surface area contributed by atoms with Crippen molar-refractivity contribution >= 4 is 5.97 Å². The Bertz CT molecular complexity index is 179. The van der Waals surface area contributed by atoms with Crippen LogP contribution in [0.4, 0.5) is 0 Å². The molecule has 1 aliphatic heterocycles. The molecule has 11 heavy (non-hydrogen) atoms. The molecule has 0 unspecified atom stereocenters. The molecule has 2 fully saturated rings. The highest BCUT2D eigenvalue weighted by Gasteiger charge is 2.48. The molecule has 0 aromatic rings. The van der Waals surface area contributed by atoms with Crippen molar-refractivity contribution in [3.8, 4) is 0 Å². The Balaban J connectivity index is 1.75. The summed E-state index contributed by atoms with van der Waals surface area (Å²) in [5, 5.41) is 11.7. The van der Waals surface area contributed by atoms with Crippen molar-refractivity contribution in [1.82, 2.24) is 5.32 Å². The Morgan fingerprint density at radius 2 is 2.18 bits per heavy atom. The lowest BCUT2D eigenvalue weighted by Crippen LogP contribution is -2.60. The van der Waals surface area contributed by atoms with Gasteiger partial charge in [0.2, 0.25) is 0 Å². The van der Waals surface area contributed by atoms with E-state index in [-0.39, 0.29) is 0 Å². The van der Waals surface area contributed by atoms with Crippen molar-refractivity contribution < 1.29 is 9.90 Å². The molecule has 2 rings (SSSR count). The number of nitrogens with one attached hydrogen (secondary N) is 1. The second kappa shape index (κ2) is 2.21. The standard InChI is InChI=1S/C8H13NO2/c10-7(11)1-6-2-8(3-6)4-9-5-8/h6,9H,1-5H2,(H,10,11). The summed E-state index contributed by atoms with van der Waals surface area (Å²) >= 11 is 0. The third-order valence-electron chi connectivity index (χ3n) is 2.91. The maximum Gasteiger partial charge on any atom is 0.303 e. The van der Waals surface area contributed by atoms with Gasteiger partial charge in [-0.2, -0.15) is 0 Å². The van der Waals surface area contributed by atoms with Gasteiger partial charge >= 0.3 is 5.97 Å². The molecule has 1 spiro atoms. The van der Waals surface area contributed by atoms with Gasteiger partial charge in [-0.3, -0.25) is 4.79 Å². The second-order valence-corrected chi connectivity index (χ2v) is 3.98. The van der Waals surface area contributed by atoms with Gasteiger partial charge < -0.3 is 10.4 Å². The minimum Gasteiger partial charge on any atom is -0.481 e. The molecule has 1 saturated carbocycles. The van der Waals surface area contributed by atoms with E-state index in [0.717, 1.165) is 25.9 Å². The van der Waals surface area contributed by atoms with Crippen molar-refractivity contribution in [1.29, 1.82) is 0 Å². The predicted molar refractivity (Wildman–Crippen MR) is 40.3 cm³/mol. The zero-order valence-corrected chi connectivity index (χ0v) is 6.47. The molecule has 0 bridgehead atoms. The quantitative estimate of drug-likeness (QED) is 0.609. The van der Waals surface area contributed by atoms with Gasteiger partial charge in [0.1, 0.15) is 0 Å². The third-order valence-corrected chi connectivity index (χ3v) is 2.91. The molecule has 3 nitrogen and oxygen atoms in total. The van der Waals surface area contributed by atoms with Gasteiger partial charge in [-0.05, 0) is 24.2 Å². The Kier molecular flexibility index (Phi) is 1.42. The van der Waals surface area contributed by atoms with Crippen LogP contribution in [-0.2, 0) is 4.79 Å². The molecule has 1 saturated heterocycles. The molecule has 2 aliphatic rings. The number of carboxylic acid groups (broad SMARTS) is 1. The zero-order valence-electron chi connectivity index (χ0n) is 6.47. The van der Waals surface area contributed by atoms with Gasteiger partial charge in [-0.25, -0.2) is 0 Å². The fourth-order valence-electron chi connectivity index (χ4n) is 2.32. The highest BCUT2D eigenvalue weighted by molar-refractivity contribution is 5.67. The lowest BCUT2D eigenvalue weighted by atomic mass is 9.58. The van der Waals surface area contributed by atoms with Crippen molar-refractivity contribution in [2.24, 2.45) is 11.3 Å². The van der Waals surface area contributed by atoms with Crippen LogP contribution in [0.15, 0.2) is 0 Å². The van der Waals surface area contributed by atoms with E-state index in [1.807, 2.05) is 0 Å². The molecular formula is C8H13NO2. The minimum atomic E-state index is -0.642. The molecule has 0 amide bonds. The molecule has 1 heterocycles. The maximum absolute atomic E-state index is 10.3. The fourth-order valence-corrected chi connectivity index (χ4v) is 2.32. The Morgan fingerprint density at radius 1 is 1.55 bits per heavy atom. The number of aliphatic carboxylic acids is 1. The second-order valence-electron chi connectivity index (χ2n) is 3.98. The van der Waals surface area contributed by atoms with Crippen LogP contribution in [0.5, 0.6) is 0 Å². The topological polar surface area (TPSA) is 49.3 Å². The lowest BCUT2D eigenvalue weighted by molar-refractivity contribution is -0.140. The van der Waals surface area contributed by atoms with E-state index in [4.69, 9.17) is 5.11 Å². The van der Waals surface area contributed by atoms with Crippen molar-refractivity contribution in [3.05, 3.63) is 0 Å². The summed E-state index contributed by atoms with van der Waals surface area (Å²) in [5.74, 6) is -0.174.